The molecule has 5 nitrogen and oxygen atoms in total. The predicted octanol–water partition coefficient (Wildman–Crippen LogP) is 4.44. The first kappa shape index (κ1) is 20.0. The van der Waals surface area contributed by atoms with E-state index in [1.54, 1.807) is 6.26 Å². The summed E-state index contributed by atoms with van der Waals surface area (Å²) >= 11 is 0. The summed E-state index contributed by atoms with van der Waals surface area (Å²) in [4.78, 5) is 17.3. The molecule has 1 unspecified atom stereocenters. The monoisotopic (exact) mass is 396 g/mol. The molecule has 1 aromatic heterocycles. The third kappa shape index (κ3) is 4.35. The Morgan fingerprint density at radius 3 is 2.62 bits per heavy atom. The van der Waals surface area contributed by atoms with Crippen molar-refractivity contribution in [3.63, 3.8) is 0 Å². The summed E-state index contributed by atoms with van der Waals surface area (Å²) in [5, 5.41) is 0. The average Bonchev–Trinajstić information content (AvgIpc) is 3.24. The number of amides is 1. The van der Waals surface area contributed by atoms with Gasteiger partial charge in [-0.3, -0.25) is 9.69 Å². The van der Waals surface area contributed by atoms with Gasteiger partial charge >= 0.3 is 0 Å². The fraction of sp³-hybridized carbons (Fsp3) is 0.542. The van der Waals surface area contributed by atoms with Crippen molar-refractivity contribution in [2.45, 2.75) is 57.6 Å². The SMILES string of the molecule is CCN(CC)C(=O)CC1CC2(CCN(Cc3ccoc3)CC2)Oc2ccccc21. The number of piperidine rings is 1. The molecule has 3 heterocycles. The highest BCUT2D eigenvalue weighted by Gasteiger charge is 2.43. The van der Waals surface area contributed by atoms with Crippen LogP contribution in [-0.2, 0) is 11.3 Å². The van der Waals surface area contributed by atoms with E-state index in [1.165, 1.54) is 11.1 Å². The molecule has 1 spiro atoms. The van der Waals surface area contributed by atoms with Crippen LogP contribution in [0, 0.1) is 0 Å². The number of benzene rings is 1. The molecule has 1 aromatic carbocycles. The van der Waals surface area contributed by atoms with Crippen LogP contribution in [0.3, 0.4) is 0 Å². The molecule has 0 radical (unpaired) electrons. The van der Waals surface area contributed by atoms with E-state index in [2.05, 4.69) is 36.9 Å². The number of ether oxygens (including phenoxy) is 1. The maximum Gasteiger partial charge on any atom is 0.223 e. The lowest BCUT2D eigenvalue weighted by atomic mass is 9.76. The molecule has 1 amide bonds. The number of likely N-dealkylation sites (tertiary alicyclic amines) is 1. The lowest BCUT2D eigenvalue weighted by molar-refractivity contribution is -0.131. The molecule has 1 fully saturated rings. The summed E-state index contributed by atoms with van der Waals surface area (Å²) in [6.45, 7) is 8.58. The standard InChI is InChI=1S/C24H32N2O3/c1-3-26(4-2)23(27)15-20-16-24(29-22-8-6-5-7-21(20)22)10-12-25(13-11-24)17-19-9-14-28-18-19/h5-9,14,18,20H,3-4,10-13,15-17H2,1-2H3. The highest BCUT2D eigenvalue weighted by atomic mass is 16.5. The van der Waals surface area contributed by atoms with E-state index in [9.17, 15) is 4.79 Å². The minimum absolute atomic E-state index is 0.157. The van der Waals surface area contributed by atoms with Gasteiger partial charge in [0.05, 0.1) is 12.5 Å². The number of fused-ring (bicyclic) bond motifs is 1. The van der Waals surface area contributed by atoms with Gasteiger partial charge in [-0.2, -0.15) is 0 Å². The zero-order valence-corrected chi connectivity index (χ0v) is 17.6. The fourth-order valence-corrected chi connectivity index (χ4v) is 4.91. The summed E-state index contributed by atoms with van der Waals surface area (Å²) < 4.78 is 11.8. The van der Waals surface area contributed by atoms with Gasteiger partial charge in [0.25, 0.3) is 0 Å². The molecule has 2 aliphatic rings. The van der Waals surface area contributed by atoms with Crippen molar-refractivity contribution in [1.82, 2.24) is 9.80 Å². The summed E-state index contributed by atoms with van der Waals surface area (Å²) in [6, 6.07) is 10.3. The third-order valence-corrected chi connectivity index (χ3v) is 6.59. The second kappa shape index (κ2) is 8.62. The molecule has 5 heteroatoms. The number of para-hydroxylation sites is 1. The summed E-state index contributed by atoms with van der Waals surface area (Å²) in [5.41, 5.74) is 2.26. The number of hydrogen-bond acceptors (Lipinski definition) is 4. The molecule has 0 saturated carbocycles. The maximum atomic E-state index is 12.9. The van der Waals surface area contributed by atoms with Crippen LogP contribution in [0.4, 0.5) is 0 Å². The van der Waals surface area contributed by atoms with E-state index >= 15 is 0 Å². The smallest absolute Gasteiger partial charge is 0.223 e. The zero-order valence-electron chi connectivity index (χ0n) is 17.6. The number of carbonyl (C=O) groups is 1. The number of nitrogens with zero attached hydrogens (tertiary/aromatic N) is 2. The van der Waals surface area contributed by atoms with Crippen LogP contribution in [0.25, 0.3) is 0 Å². The first-order valence-corrected chi connectivity index (χ1v) is 10.9. The summed E-state index contributed by atoms with van der Waals surface area (Å²) in [6.07, 6.45) is 7.05. The van der Waals surface area contributed by atoms with E-state index in [-0.39, 0.29) is 17.4 Å². The van der Waals surface area contributed by atoms with Gasteiger partial charge in [0.15, 0.2) is 0 Å². The van der Waals surface area contributed by atoms with Gasteiger partial charge in [-0.05, 0) is 50.8 Å². The van der Waals surface area contributed by atoms with Crippen molar-refractivity contribution in [2.75, 3.05) is 26.2 Å². The highest BCUT2D eigenvalue weighted by Crippen LogP contribution is 2.46. The Bertz CT molecular complexity index is 805. The average molecular weight is 397 g/mol. The van der Waals surface area contributed by atoms with Crippen molar-refractivity contribution in [3.8, 4) is 5.75 Å². The summed E-state index contributed by atoms with van der Waals surface area (Å²) in [7, 11) is 0. The van der Waals surface area contributed by atoms with Crippen molar-refractivity contribution < 1.29 is 13.9 Å². The Labute approximate surface area is 173 Å². The van der Waals surface area contributed by atoms with E-state index in [0.29, 0.717) is 6.42 Å². The Balaban J connectivity index is 1.47. The fourth-order valence-electron chi connectivity index (χ4n) is 4.91. The van der Waals surface area contributed by atoms with Crippen LogP contribution in [0.15, 0.2) is 47.3 Å². The lowest BCUT2D eigenvalue weighted by Crippen LogP contribution is -2.50. The maximum absolute atomic E-state index is 12.9. The quantitative estimate of drug-likeness (QED) is 0.724. The Morgan fingerprint density at radius 2 is 1.93 bits per heavy atom. The summed E-state index contributed by atoms with van der Waals surface area (Å²) in [5.74, 6) is 1.46. The Kier molecular flexibility index (Phi) is 5.95. The molecule has 29 heavy (non-hydrogen) atoms. The van der Waals surface area contributed by atoms with Crippen LogP contribution in [0.5, 0.6) is 5.75 Å². The van der Waals surface area contributed by atoms with Gasteiger partial charge in [0, 0.05) is 50.6 Å². The van der Waals surface area contributed by atoms with Gasteiger partial charge in [0.2, 0.25) is 5.91 Å². The normalized spacial score (nSPS) is 20.8. The van der Waals surface area contributed by atoms with E-state index in [4.69, 9.17) is 9.15 Å². The second-order valence-electron chi connectivity index (χ2n) is 8.40. The Morgan fingerprint density at radius 1 is 1.17 bits per heavy atom. The van der Waals surface area contributed by atoms with Crippen LogP contribution in [0.2, 0.25) is 0 Å². The third-order valence-electron chi connectivity index (χ3n) is 6.59. The van der Waals surface area contributed by atoms with Crippen molar-refractivity contribution >= 4 is 5.91 Å². The van der Waals surface area contributed by atoms with E-state index in [0.717, 1.165) is 57.7 Å². The van der Waals surface area contributed by atoms with Crippen LogP contribution in [-0.4, -0.2) is 47.5 Å². The van der Waals surface area contributed by atoms with Crippen molar-refractivity contribution in [2.24, 2.45) is 0 Å². The Hall–Kier alpha value is -2.27. The largest absolute Gasteiger partial charge is 0.487 e. The van der Waals surface area contributed by atoms with Gasteiger partial charge in [-0.15, -0.1) is 0 Å². The topological polar surface area (TPSA) is 45.9 Å². The lowest BCUT2D eigenvalue weighted by Gasteiger charge is -2.47. The van der Waals surface area contributed by atoms with Gasteiger partial charge < -0.3 is 14.1 Å². The molecular weight excluding hydrogens is 364 g/mol. The van der Waals surface area contributed by atoms with Gasteiger partial charge in [0.1, 0.15) is 11.4 Å². The molecule has 2 aliphatic heterocycles. The second-order valence-corrected chi connectivity index (χ2v) is 8.40. The first-order valence-electron chi connectivity index (χ1n) is 10.9. The van der Waals surface area contributed by atoms with E-state index in [1.807, 2.05) is 23.3 Å². The minimum Gasteiger partial charge on any atom is -0.487 e. The molecule has 0 N–H and O–H groups in total. The molecule has 4 rings (SSSR count). The molecule has 0 aliphatic carbocycles. The van der Waals surface area contributed by atoms with Crippen molar-refractivity contribution in [3.05, 3.63) is 54.0 Å². The van der Waals surface area contributed by atoms with E-state index < -0.39 is 0 Å². The zero-order chi connectivity index (χ0) is 20.3. The molecule has 0 bridgehead atoms. The van der Waals surface area contributed by atoms with Gasteiger partial charge in [-0.25, -0.2) is 0 Å². The molecular formula is C24H32N2O3. The predicted molar refractivity (Wildman–Crippen MR) is 113 cm³/mol. The van der Waals surface area contributed by atoms with Crippen LogP contribution in [0.1, 0.15) is 56.6 Å². The molecule has 1 atom stereocenters. The highest BCUT2D eigenvalue weighted by molar-refractivity contribution is 5.77. The number of rotatable bonds is 6. The first-order chi connectivity index (χ1) is 14.1. The van der Waals surface area contributed by atoms with Crippen LogP contribution < -0.4 is 4.74 Å². The number of carbonyl (C=O) groups excluding carboxylic acids is 1. The molecule has 156 valence electrons. The molecule has 2 aromatic rings. The number of furan rings is 1. The van der Waals surface area contributed by atoms with Gasteiger partial charge in [-0.1, -0.05) is 18.2 Å². The van der Waals surface area contributed by atoms with Crippen LogP contribution >= 0.6 is 0 Å². The minimum atomic E-state index is -0.157. The number of hydrogen-bond donors (Lipinski definition) is 0. The molecule has 1 saturated heterocycles. The van der Waals surface area contributed by atoms with Crippen molar-refractivity contribution in [1.29, 1.82) is 0 Å².